The molecule has 1 aliphatic heterocycles. The van der Waals surface area contributed by atoms with Gasteiger partial charge in [0.25, 0.3) is 0 Å². The van der Waals surface area contributed by atoms with E-state index in [1.165, 1.54) is 18.4 Å². The molecule has 0 spiro atoms. The number of rotatable bonds is 6. The highest BCUT2D eigenvalue weighted by Crippen LogP contribution is 2.34. The summed E-state index contributed by atoms with van der Waals surface area (Å²) in [6.07, 6.45) is 6.77. The van der Waals surface area contributed by atoms with Gasteiger partial charge in [-0.15, -0.1) is 0 Å². The number of hydrogen-bond acceptors (Lipinski definition) is 3. The number of carbonyl (C=O) groups is 1. The van der Waals surface area contributed by atoms with Crippen LogP contribution < -0.4 is 10.6 Å². The number of aromatic nitrogens is 2. The van der Waals surface area contributed by atoms with E-state index in [1.54, 1.807) is 18.2 Å². The lowest BCUT2D eigenvalue weighted by atomic mass is 9.89. The van der Waals surface area contributed by atoms with E-state index in [0.29, 0.717) is 28.5 Å². The fourth-order valence-corrected chi connectivity index (χ4v) is 5.06. The highest BCUT2D eigenvalue weighted by atomic mass is 79.9. The third kappa shape index (κ3) is 5.11. The number of amides is 2. The standard InChI is InChI=1S/C24H29BrClN5O/c1-3-17(4-2)31-11-9-15(10-12-31)18-14-27-21-7-8-22(29-23(18)21)30-24(32)28-16-5-6-19(25)20(26)13-16/h5-8,13-15,17,27H,3-4,9-12H2,1-2H3,(H2,28,29,30,32). The van der Waals surface area contributed by atoms with Crippen LogP contribution in [0, 0.1) is 0 Å². The number of anilines is 2. The minimum Gasteiger partial charge on any atom is -0.360 e. The van der Waals surface area contributed by atoms with Crippen molar-refractivity contribution >= 4 is 56.1 Å². The highest BCUT2D eigenvalue weighted by Gasteiger charge is 2.26. The molecular formula is C24H29BrClN5O. The van der Waals surface area contributed by atoms with Gasteiger partial charge in [0, 0.05) is 22.4 Å². The Bertz CT molecular complexity index is 1090. The van der Waals surface area contributed by atoms with E-state index in [9.17, 15) is 4.79 Å². The van der Waals surface area contributed by atoms with Crippen LogP contribution >= 0.6 is 27.5 Å². The number of pyridine rings is 1. The minimum atomic E-state index is -0.356. The van der Waals surface area contributed by atoms with Crippen molar-refractivity contribution in [2.24, 2.45) is 0 Å². The van der Waals surface area contributed by atoms with Gasteiger partial charge in [0.05, 0.1) is 16.1 Å². The molecule has 3 N–H and O–H groups in total. The molecule has 3 aromatic rings. The molecule has 0 radical (unpaired) electrons. The second kappa shape index (κ2) is 10.2. The van der Waals surface area contributed by atoms with Crippen molar-refractivity contribution in [3.63, 3.8) is 0 Å². The van der Waals surface area contributed by atoms with Gasteiger partial charge < -0.3 is 15.2 Å². The Morgan fingerprint density at radius 3 is 2.66 bits per heavy atom. The zero-order valence-corrected chi connectivity index (χ0v) is 20.8. The maximum Gasteiger partial charge on any atom is 0.324 e. The molecule has 2 amide bonds. The van der Waals surface area contributed by atoms with Crippen LogP contribution in [-0.4, -0.2) is 40.0 Å². The van der Waals surface area contributed by atoms with Crippen LogP contribution in [0.5, 0.6) is 0 Å². The molecule has 1 aliphatic rings. The summed E-state index contributed by atoms with van der Waals surface area (Å²) in [5.74, 6) is 1.00. The van der Waals surface area contributed by atoms with Gasteiger partial charge in [-0.05, 0) is 96.5 Å². The first-order valence-corrected chi connectivity index (χ1v) is 12.4. The number of hydrogen-bond donors (Lipinski definition) is 3. The number of halogens is 2. The topological polar surface area (TPSA) is 73.1 Å². The fraction of sp³-hybridized carbons (Fsp3) is 0.417. The Labute approximate surface area is 202 Å². The largest absolute Gasteiger partial charge is 0.360 e. The molecule has 0 unspecified atom stereocenters. The summed E-state index contributed by atoms with van der Waals surface area (Å²) < 4.78 is 0.781. The Morgan fingerprint density at radius 2 is 1.97 bits per heavy atom. The summed E-state index contributed by atoms with van der Waals surface area (Å²) in [5.41, 5.74) is 3.79. The smallest absolute Gasteiger partial charge is 0.324 e. The van der Waals surface area contributed by atoms with Gasteiger partial charge in [-0.2, -0.15) is 0 Å². The van der Waals surface area contributed by atoms with Gasteiger partial charge >= 0.3 is 6.03 Å². The van der Waals surface area contributed by atoms with Crippen LogP contribution in [0.4, 0.5) is 16.3 Å². The van der Waals surface area contributed by atoms with E-state index in [1.807, 2.05) is 12.1 Å². The lowest BCUT2D eigenvalue weighted by Crippen LogP contribution is -2.40. The second-order valence-corrected chi connectivity index (χ2v) is 9.59. The summed E-state index contributed by atoms with van der Waals surface area (Å²) in [7, 11) is 0. The lowest BCUT2D eigenvalue weighted by Gasteiger charge is -2.36. The zero-order valence-electron chi connectivity index (χ0n) is 18.4. The van der Waals surface area contributed by atoms with Gasteiger partial charge in [-0.25, -0.2) is 9.78 Å². The maximum atomic E-state index is 12.5. The third-order valence-electron chi connectivity index (χ3n) is 6.40. The van der Waals surface area contributed by atoms with E-state index in [0.717, 1.165) is 41.4 Å². The first-order valence-electron chi connectivity index (χ1n) is 11.2. The number of piperidine rings is 1. The molecule has 170 valence electrons. The van der Waals surface area contributed by atoms with Gasteiger partial charge in [-0.1, -0.05) is 25.4 Å². The Balaban J connectivity index is 1.44. The molecule has 2 aromatic heterocycles. The number of fused-ring (bicyclic) bond motifs is 1. The minimum absolute atomic E-state index is 0.356. The van der Waals surface area contributed by atoms with Crippen molar-refractivity contribution in [2.45, 2.75) is 51.5 Å². The summed E-state index contributed by atoms with van der Waals surface area (Å²) in [6, 6.07) is 9.38. The van der Waals surface area contributed by atoms with Crippen LogP contribution in [0.25, 0.3) is 11.0 Å². The van der Waals surface area contributed by atoms with Gasteiger partial charge in [-0.3, -0.25) is 5.32 Å². The Hall–Kier alpha value is -2.09. The number of H-pyrrole nitrogens is 1. The predicted octanol–water partition coefficient (Wildman–Crippen LogP) is 6.99. The number of nitrogens with one attached hydrogen (secondary N) is 3. The van der Waals surface area contributed by atoms with Crippen LogP contribution in [0.15, 0.2) is 41.0 Å². The van der Waals surface area contributed by atoms with E-state index in [-0.39, 0.29) is 6.03 Å². The number of likely N-dealkylation sites (tertiary alicyclic amines) is 1. The Morgan fingerprint density at radius 1 is 1.22 bits per heavy atom. The number of nitrogens with zero attached hydrogens (tertiary/aromatic N) is 2. The van der Waals surface area contributed by atoms with Crippen molar-refractivity contribution < 1.29 is 4.79 Å². The molecule has 4 rings (SSSR count). The average molecular weight is 519 g/mol. The molecule has 0 aliphatic carbocycles. The SMILES string of the molecule is CCC(CC)N1CCC(c2c[nH]c3ccc(NC(=O)Nc4ccc(Br)c(Cl)c4)nc23)CC1. The van der Waals surface area contributed by atoms with E-state index in [2.05, 4.69) is 56.5 Å². The van der Waals surface area contributed by atoms with Gasteiger partial charge in [0.1, 0.15) is 5.82 Å². The fourth-order valence-electron chi connectivity index (χ4n) is 4.63. The van der Waals surface area contributed by atoms with E-state index < -0.39 is 0 Å². The first-order chi connectivity index (χ1) is 15.5. The van der Waals surface area contributed by atoms with Gasteiger partial charge in [0.15, 0.2) is 0 Å². The molecular weight excluding hydrogens is 490 g/mol. The average Bonchev–Trinajstić information content (AvgIpc) is 3.21. The second-order valence-electron chi connectivity index (χ2n) is 8.33. The summed E-state index contributed by atoms with van der Waals surface area (Å²) in [6.45, 7) is 6.80. The molecule has 1 saturated heterocycles. The summed E-state index contributed by atoms with van der Waals surface area (Å²) in [5, 5.41) is 6.17. The molecule has 1 aromatic carbocycles. The number of aromatic amines is 1. The molecule has 0 saturated carbocycles. The first kappa shape index (κ1) is 23.1. The van der Waals surface area contributed by atoms with Crippen LogP contribution in [0.3, 0.4) is 0 Å². The molecule has 0 bridgehead atoms. The van der Waals surface area contributed by atoms with Crippen molar-refractivity contribution in [3.05, 3.63) is 51.6 Å². The van der Waals surface area contributed by atoms with E-state index in [4.69, 9.17) is 16.6 Å². The van der Waals surface area contributed by atoms with Crippen molar-refractivity contribution in [1.82, 2.24) is 14.9 Å². The zero-order chi connectivity index (χ0) is 22.7. The Kier molecular flexibility index (Phi) is 7.38. The van der Waals surface area contributed by atoms with Crippen molar-refractivity contribution in [3.8, 4) is 0 Å². The molecule has 1 fully saturated rings. The molecule has 8 heteroatoms. The van der Waals surface area contributed by atoms with Crippen molar-refractivity contribution in [2.75, 3.05) is 23.7 Å². The predicted molar refractivity (Wildman–Crippen MR) is 136 cm³/mol. The molecule has 6 nitrogen and oxygen atoms in total. The highest BCUT2D eigenvalue weighted by molar-refractivity contribution is 9.10. The summed E-state index contributed by atoms with van der Waals surface area (Å²) >= 11 is 9.46. The number of carbonyl (C=O) groups excluding carboxylic acids is 1. The van der Waals surface area contributed by atoms with E-state index >= 15 is 0 Å². The van der Waals surface area contributed by atoms with Crippen LogP contribution in [0.1, 0.15) is 51.0 Å². The van der Waals surface area contributed by atoms with Crippen LogP contribution in [0.2, 0.25) is 5.02 Å². The van der Waals surface area contributed by atoms with Crippen LogP contribution in [-0.2, 0) is 0 Å². The molecule has 0 atom stereocenters. The maximum absolute atomic E-state index is 12.5. The number of urea groups is 1. The summed E-state index contributed by atoms with van der Waals surface area (Å²) in [4.78, 5) is 23.2. The van der Waals surface area contributed by atoms with Crippen molar-refractivity contribution in [1.29, 1.82) is 0 Å². The monoisotopic (exact) mass is 517 g/mol. The van der Waals surface area contributed by atoms with Gasteiger partial charge in [0.2, 0.25) is 0 Å². The quantitative estimate of drug-likeness (QED) is 0.329. The number of benzene rings is 1. The lowest BCUT2D eigenvalue weighted by molar-refractivity contribution is 0.144. The normalized spacial score (nSPS) is 15.4. The molecule has 3 heterocycles. The third-order valence-corrected chi connectivity index (χ3v) is 7.63. The molecule has 32 heavy (non-hydrogen) atoms.